The molecule has 2 atom stereocenters. The maximum Gasteiger partial charge on any atom is 0.163 e. The standard InChI is InChI=1S/C11H20O3/c1-10(2)6-5-8(13-10)9-7-12-11(3,4)14-9/h8-9H,5-7H2,1-4H3/t8-,9+/m1/s1. The van der Waals surface area contributed by atoms with Crippen molar-refractivity contribution in [2.75, 3.05) is 6.61 Å². The Hall–Kier alpha value is -0.120. The fourth-order valence-corrected chi connectivity index (χ4v) is 2.18. The molecule has 0 aliphatic carbocycles. The van der Waals surface area contributed by atoms with E-state index >= 15 is 0 Å². The minimum Gasteiger partial charge on any atom is -0.370 e. The minimum atomic E-state index is -0.430. The molecular formula is C11H20O3. The molecule has 0 unspecified atom stereocenters. The molecular weight excluding hydrogens is 180 g/mol. The van der Waals surface area contributed by atoms with Gasteiger partial charge in [-0.1, -0.05) is 0 Å². The molecule has 0 aromatic carbocycles. The molecule has 2 aliphatic heterocycles. The van der Waals surface area contributed by atoms with Crippen LogP contribution >= 0.6 is 0 Å². The number of hydrogen-bond acceptors (Lipinski definition) is 3. The van der Waals surface area contributed by atoms with Crippen LogP contribution in [0.15, 0.2) is 0 Å². The number of ether oxygens (including phenoxy) is 3. The quantitative estimate of drug-likeness (QED) is 0.648. The molecule has 0 amide bonds. The van der Waals surface area contributed by atoms with Crippen LogP contribution in [0.5, 0.6) is 0 Å². The maximum atomic E-state index is 5.92. The zero-order valence-electron chi connectivity index (χ0n) is 9.50. The average molecular weight is 200 g/mol. The van der Waals surface area contributed by atoms with Crippen LogP contribution in [-0.4, -0.2) is 30.2 Å². The molecule has 82 valence electrons. The second-order valence-electron chi connectivity index (χ2n) is 5.32. The van der Waals surface area contributed by atoms with Gasteiger partial charge in [0.25, 0.3) is 0 Å². The molecule has 0 saturated carbocycles. The Morgan fingerprint density at radius 1 is 1.00 bits per heavy atom. The van der Waals surface area contributed by atoms with Crippen LogP contribution in [0.3, 0.4) is 0 Å². The van der Waals surface area contributed by atoms with Crippen LogP contribution in [-0.2, 0) is 14.2 Å². The Bertz CT molecular complexity index is 199. The average Bonchev–Trinajstić information content (AvgIpc) is 2.54. The summed E-state index contributed by atoms with van der Waals surface area (Å²) < 4.78 is 17.2. The Labute approximate surface area is 85.7 Å². The molecule has 0 bridgehead atoms. The first-order valence-electron chi connectivity index (χ1n) is 5.38. The third-order valence-electron chi connectivity index (χ3n) is 2.95. The zero-order valence-corrected chi connectivity index (χ0v) is 9.50. The van der Waals surface area contributed by atoms with Crippen molar-refractivity contribution in [1.82, 2.24) is 0 Å². The lowest BCUT2D eigenvalue weighted by molar-refractivity contribution is -0.159. The van der Waals surface area contributed by atoms with Gasteiger partial charge in [-0.15, -0.1) is 0 Å². The molecule has 0 aromatic heterocycles. The van der Waals surface area contributed by atoms with Crippen LogP contribution in [0.1, 0.15) is 40.5 Å². The third kappa shape index (κ3) is 2.10. The number of rotatable bonds is 1. The Morgan fingerprint density at radius 2 is 1.71 bits per heavy atom. The van der Waals surface area contributed by atoms with Gasteiger partial charge in [-0.2, -0.15) is 0 Å². The van der Waals surface area contributed by atoms with E-state index in [4.69, 9.17) is 14.2 Å². The summed E-state index contributed by atoms with van der Waals surface area (Å²) in [5.74, 6) is -0.430. The SMILES string of the molecule is CC1(C)CC[C@H]([C@@H]2COC(C)(C)O2)O1. The normalized spacial score (nSPS) is 40.3. The molecule has 2 heterocycles. The predicted octanol–water partition coefficient (Wildman–Crippen LogP) is 2.10. The molecule has 3 heteroatoms. The van der Waals surface area contributed by atoms with E-state index in [0.29, 0.717) is 6.61 Å². The number of hydrogen-bond donors (Lipinski definition) is 0. The van der Waals surface area contributed by atoms with Crippen LogP contribution in [0.4, 0.5) is 0 Å². The highest BCUT2D eigenvalue weighted by molar-refractivity contribution is 4.88. The van der Waals surface area contributed by atoms with E-state index in [1.165, 1.54) is 0 Å². The van der Waals surface area contributed by atoms with Crippen LogP contribution in [0.2, 0.25) is 0 Å². The van der Waals surface area contributed by atoms with E-state index < -0.39 is 5.79 Å². The van der Waals surface area contributed by atoms with Gasteiger partial charge in [0, 0.05) is 0 Å². The van der Waals surface area contributed by atoms with Crippen molar-refractivity contribution in [2.45, 2.75) is 64.1 Å². The van der Waals surface area contributed by atoms with Gasteiger partial charge in [-0.05, 0) is 40.5 Å². The van der Waals surface area contributed by atoms with Crippen molar-refractivity contribution in [3.05, 3.63) is 0 Å². The summed E-state index contributed by atoms with van der Waals surface area (Å²) in [6.45, 7) is 8.83. The van der Waals surface area contributed by atoms with Gasteiger partial charge in [0.05, 0.1) is 18.3 Å². The first kappa shape index (κ1) is 10.4. The fourth-order valence-electron chi connectivity index (χ4n) is 2.18. The topological polar surface area (TPSA) is 27.7 Å². The van der Waals surface area contributed by atoms with E-state index in [2.05, 4.69) is 13.8 Å². The summed E-state index contributed by atoms with van der Waals surface area (Å²) in [4.78, 5) is 0. The summed E-state index contributed by atoms with van der Waals surface area (Å²) in [6, 6.07) is 0. The first-order valence-corrected chi connectivity index (χ1v) is 5.38. The lowest BCUT2D eigenvalue weighted by Crippen LogP contribution is -2.32. The molecule has 0 N–H and O–H groups in total. The van der Waals surface area contributed by atoms with Crippen molar-refractivity contribution in [3.63, 3.8) is 0 Å². The zero-order chi connectivity index (χ0) is 10.4. The fraction of sp³-hybridized carbons (Fsp3) is 1.00. The highest BCUT2D eigenvalue weighted by Crippen LogP contribution is 2.35. The molecule has 2 rings (SSSR count). The second-order valence-corrected chi connectivity index (χ2v) is 5.32. The molecule has 14 heavy (non-hydrogen) atoms. The summed E-state index contributed by atoms with van der Waals surface area (Å²) in [7, 11) is 0. The molecule has 3 nitrogen and oxygen atoms in total. The third-order valence-corrected chi connectivity index (χ3v) is 2.95. The van der Waals surface area contributed by atoms with E-state index in [-0.39, 0.29) is 17.8 Å². The van der Waals surface area contributed by atoms with Crippen LogP contribution < -0.4 is 0 Å². The molecule has 0 radical (unpaired) electrons. The van der Waals surface area contributed by atoms with Crippen molar-refractivity contribution in [3.8, 4) is 0 Å². The van der Waals surface area contributed by atoms with Crippen molar-refractivity contribution in [2.24, 2.45) is 0 Å². The highest BCUT2D eigenvalue weighted by Gasteiger charge is 2.43. The molecule has 0 aromatic rings. The summed E-state index contributed by atoms with van der Waals surface area (Å²) in [5.41, 5.74) is 0.0146. The van der Waals surface area contributed by atoms with Gasteiger partial charge in [0.15, 0.2) is 5.79 Å². The van der Waals surface area contributed by atoms with E-state index in [1.807, 2.05) is 13.8 Å². The molecule has 2 fully saturated rings. The Kier molecular flexibility index (Phi) is 2.37. The second kappa shape index (κ2) is 3.19. The van der Waals surface area contributed by atoms with Crippen LogP contribution in [0, 0.1) is 0 Å². The van der Waals surface area contributed by atoms with Gasteiger partial charge in [-0.3, -0.25) is 0 Å². The lowest BCUT2D eigenvalue weighted by atomic mass is 10.0. The van der Waals surface area contributed by atoms with E-state index in [0.717, 1.165) is 12.8 Å². The van der Waals surface area contributed by atoms with Crippen LogP contribution in [0.25, 0.3) is 0 Å². The molecule has 2 aliphatic rings. The highest BCUT2D eigenvalue weighted by atomic mass is 16.7. The Balaban J connectivity index is 1.93. The van der Waals surface area contributed by atoms with E-state index in [1.54, 1.807) is 0 Å². The van der Waals surface area contributed by atoms with Crippen molar-refractivity contribution >= 4 is 0 Å². The lowest BCUT2D eigenvalue weighted by Gasteiger charge is -2.23. The van der Waals surface area contributed by atoms with Crippen molar-refractivity contribution < 1.29 is 14.2 Å². The molecule has 2 saturated heterocycles. The van der Waals surface area contributed by atoms with Gasteiger partial charge >= 0.3 is 0 Å². The predicted molar refractivity (Wildman–Crippen MR) is 53.1 cm³/mol. The summed E-state index contributed by atoms with van der Waals surface area (Å²) in [5, 5.41) is 0. The minimum absolute atomic E-state index is 0.0146. The molecule has 0 spiro atoms. The summed E-state index contributed by atoms with van der Waals surface area (Å²) >= 11 is 0. The largest absolute Gasteiger partial charge is 0.370 e. The van der Waals surface area contributed by atoms with E-state index in [9.17, 15) is 0 Å². The van der Waals surface area contributed by atoms with Gasteiger partial charge in [-0.25, -0.2) is 0 Å². The smallest absolute Gasteiger partial charge is 0.163 e. The van der Waals surface area contributed by atoms with Gasteiger partial charge in [0.2, 0.25) is 0 Å². The van der Waals surface area contributed by atoms with Gasteiger partial charge in [0.1, 0.15) is 6.10 Å². The maximum absolute atomic E-state index is 5.92. The monoisotopic (exact) mass is 200 g/mol. The summed E-state index contributed by atoms with van der Waals surface area (Å²) in [6.07, 6.45) is 2.52. The first-order chi connectivity index (χ1) is 6.38. The Morgan fingerprint density at radius 3 is 2.14 bits per heavy atom. The van der Waals surface area contributed by atoms with Crippen molar-refractivity contribution in [1.29, 1.82) is 0 Å². The van der Waals surface area contributed by atoms with Gasteiger partial charge < -0.3 is 14.2 Å².